The predicted octanol–water partition coefficient (Wildman–Crippen LogP) is 3.68. The number of pyridine rings is 1. The lowest BCUT2D eigenvalue weighted by atomic mass is 9.84. The number of aromatic nitrogens is 1. The molecule has 1 aromatic heterocycles. The third-order valence-corrected chi connectivity index (χ3v) is 5.17. The van der Waals surface area contributed by atoms with E-state index in [-0.39, 0.29) is 22.9 Å². The number of fused-ring (bicyclic) bond motifs is 1. The van der Waals surface area contributed by atoms with Crippen LogP contribution in [-0.4, -0.2) is 33.6 Å². The van der Waals surface area contributed by atoms with Crippen LogP contribution in [0.1, 0.15) is 26.3 Å². The lowest BCUT2D eigenvalue weighted by Gasteiger charge is -2.23. The van der Waals surface area contributed by atoms with Gasteiger partial charge < -0.3 is 10.1 Å². The molecular formula is C22H15ClN2O4. The number of halogens is 1. The molecule has 0 bridgehead atoms. The van der Waals surface area contributed by atoms with E-state index in [0.717, 1.165) is 5.56 Å². The molecule has 6 nitrogen and oxygen atoms in total. The van der Waals surface area contributed by atoms with Crippen molar-refractivity contribution in [3.63, 3.8) is 0 Å². The van der Waals surface area contributed by atoms with Gasteiger partial charge in [-0.05, 0) is 48.0 Å². The lowest BCUT2D eigenvalue weighted by molar-refractivity contribution is 0.0697. The number of rotatable bonds is 5. The first-order valence-corrected chi connectivity index (χ1v) is 9.18. The van der Waals surface area contributed by atoms with Crippen molar-refractivity contribution in [1.29, 1.82) is 0 Å². The third-order valence-electron chi connectivity index (χ3n) is 4.92. The van der Waals surface area contributed by atoms with Gasteiger partial charge in [-0.2, -0.15) is 0 Å². The Balaban J connectivity index is 1.80. The van der Waals surface area contributed by atoms with Crippen molar-refractivity contribution in [1.82, 2.24) is 4.98 Å². The van der Waals surface area contributed by atoms with Gasteiger partial charge in [0, 0.05) is 34.8 Å². The molecule has 144 valence electrons. The summed E-state index contributed by atoms with van der Waals surface area (Å²) in [4.78, 5) is 44.9. The van der Waals surface area contributed by atoms with E-state index >= 15 is 0 Å². The fraction of sp³-hybridized carbons (Fsp3) is 0.0909. The highest BCUT2D eigenvalue weighted by Gasteiger charge is 2.39. The SMILES string of the molecule is O=C(O)c1ccc2[nH]cc(C(=O)C3(Cc4ccc(Cl)cc4)C=CC=N3)c(=O)c2c1. The second-order valence-corrected chi connectivity index (χ2v) is 7.23. The minimum absolute atomic E-state index is 0.0257. The van der Waals surface area contributed by atoms with Crippen LogP contribution in [0, 0.1) is 0 Å². The standard InChI is InChI=1S/C22H15ClN2O4/c23-15-5-2-13(3-6-15)11-22(8-1-9-25-22)20(27)17-12-24-18-7-4-14(21(28)29)10-16(18)19(17)26/h1-10,12H,11H2,(H,24,26)(H,28,29). The van der Waals surface area contributed by atoms with E-state index < -0.39 is 22.7 Å². The molecule has 1 unspecified atom stereocenters. The Labute approximate surface area is 170 Å². The summed E-state index contributed by atoms with van der Waals surface area (Å²) in [6, 6.07) is 11.2. The van der Waals surface area contributed by atoms with E-state index in [0.29, 0.717) is 10.5 Å². The minimum atomic E-state index is -1.24. The van der Waals surface area contributed by atoms with Crippen LogP contribution in [0.3, 0.4) is 0 Å². The van der Waals surface area contributed by atoms with Gasteiger partial charge in [-0.1, -0.05) is 23.7 Å². The number of nitrogens with one attached hydrogen (secondary N) is 1. The van der Waals surface area contributed by atoms with Crippen LogP contribution < -0.4 is 5.43 Å². The van der Waals surface area contributed by atoms with Crippen LogP contribution in [0.15, 0.2) is 70.6 Å². The van der Waals surface area contributed by atoms with Crippen molar-refractivity contribution < 1.29 is 14.7 Å². The molecule has 2 heterocycles. The number of carbonyl (C=O) groups is 2. The first-order chi connectivity index (χ1) is 13.9. The Hall–Kier alpha value is -3.51. The van der Waals surface area contributed by atoms with E-state index in [1.54, 1.807) is 24.3 Å². The van der Waals surface area contributed by atoms with Gasteiger partial charge in [0.25, 0.3) is 0 Å². The Bertz CT molecular complexity index is 1240. The molecule has 0 fully saturated rings. The largest absolute Gasteiger partial charge is 0.478 e. The van der Waals surface area contributed by atoms with Gasteiger partial charge in [-0.3, -0.25) is 14.6 Å². The maximum Gasteiger partial charge on any atom is 0.335 e. The van der Waals surface area contributed by atoms with E-state index in [9.17, 15) is 19.5 Å². The summed E-state index contributed by atoms with van der Waals surface area (Å²) in [6.45, 7) is 0. The highest BCUT2D eigenvalue weighted by Crippen LogP contribution is 2.28. The number of Topliss-reactive ketones (excluding diaryl/α,β-unsaturated/α-hetero) is 1. The Morgan fingerprint density at radius 3 is 2.55 bits per heavy atom. The number of carboxylic acid groups (broad SMARTS) is 1. The second kappa shape index (κ2) is 7.14. The Morgan fingerprint density at radius 1 is 1.14 bits per heavy atom. The van der Waals surface area contributed by atoms with Crippen LogP contribution >= 0.6 is 11.6 Å². The average molecular weight is 407 g/mol. The smallest absolute Gasteiger partial charge is 0.335 e. The molecule has 0 radical (unpaired) electrons. The van der Waals surface area contributed by atoms with Crippen molar-refractivity contribution >= 4 is 40.5 Å². The number of allylic oxidation sites excluding steroid dienone is 1. The number of aromatic carboxylic acids is 1. The van der Waals surface area contributed by atoms with Crippen molar-refractivity contribution in [2.45, 2.75) is 12.0 Å². The molecule has 29 heavy (non-hydrogen) atoms. The predicted molar refractivity (Wildman–Crippen MR) is 111 cm³/mol. The number of nitrogens with zero attached hydrogens (tertiary/aromatic N) is 1. The van der Waals surface area contributed by atoms with Crippen LogP contribution in [0.4, 0.5) is 0 Å². The fourth-order valence-corrected chi connectivity index (χ4v) is 3.53. The molecule has 0 saturated carbocycles. The monoisotopic (exact) mass is 406 g/mol. The molecule has 0 amide bonds. The van der Waals surface area contributed by atoms with Crippen LogP contribution in [-0.2, 0) is 6.42 Å². The highest BCUT2D eigenvalue weighted by molar-refractivity contribution is 6.30. The lowest BCUT2D eigenvalue weighted by Crippen LogP contribution is -2.38. The molecule has 0 aliphatic carbocycles. The molecule has 0 saturated heterocycles. The molecule has 2 N–H and O–H groups in total. The number of hydrogen-bond donors (Lipinski definition) is 2. The zero-order valence-electron chi connectivity index (χ0n) is 15.1. The van der Waals surface area contributed by atoms with Crippen molar-refractivity contribution in [3.05, 3.63) is 92.7 Å². The van der Waals surface area contributed by atoms with Gasteiger partial charge in [0.15, 0.2) is 11.2 Å². The zero-order chi connectivity index (χ0) is 20.6. The molecule has 7 heteroatoms. The molecule has 1 aliphatic rings. The minimum Gasteiger partial charge on any atom is -0.478 e. The van der Waals surface area contributed by atoms with Crippen molar-refractivity contribution in [2.75, 3.05) is 0 Å². The van der Waals surface area contributed by atoms with E-state index in [4.69, 9.17) is 11.6 Å². The number of H-pyrrole nitrogens is 1. The van der Waals surface area contributed by atoms with Gasteiger partial charge in [0.2, 0.25) is 0 Å². The molecule has 4 rings (SSSR count). The summed E-state index contributed by atoms with van der Waals surface area (Å²) >= 11 is 5.93. The van der Waals surface area contributed by atoms with Crippen LogP contribution in [0.2, 0.25) is 5.02 Å². The van der Waals surface area contributed by atoms with Crippen LogP contribution in [0.25, 0.3) is 10.9 Å². The van der Waals surface area contributed by atoms with Gasteiger partial charge >= 0.3 is 5.97 Å². The quantitative estimate of drug-likeness (QED) is 0.631. The average Bonchev–Trinajstić information content (AvgIpc) is 3.19. The summed E-state index contributed by atoms with van der Waals surface area (Å²) in [7, 11) is 0. The third kappa shape index (κ3) is 3.39. The van der Waals surface area contributed by atoms with Gasteiger partial charge in [-0.15, -0.1) is 0 Å². The number of benzene rings is 2. The second-order valence-electron chi connectivity index (χ2n) is 6.79. The summed E-state index contributed by atoms with van der Waals surface area (Å²) in [5.41, 5.74) is -0.567. The number of aromatic amines is 1. The first kappa shape index (κ1) is 18.8. The number of carbonyl (C=O) groups excluding carboxylic acids is 1. The number of aliphatic imine (C=N–C) groups is 1. The van der Waals surface area contributed by atoms with Crippen molar-refractivity contribution in [2.24, 2.45) is 4.99 Å². The molecular weight excluding hydrogens is 392 g/mol. The Kier molecular flexibility index (Phi) is 4.64. The highest BCUT2D eigenvalue weighted by atomic mass is 35.5. The summed E-state index contributed by atoms with van der Waals surface area (Å²) in [6.07, 6.45) is 6.50. The molecule has 1 aliphatic heterocycles. The fourth-order valence-electron chi connectivity index (χ4n) is 3.41. The molecule has 2 aromatic carbocycles. The topological polar surface area (TPSA) is 99.6 Å². The Morgan fingerprint density at radius 2 is 1.90 bits per heavy atom. The summed E-state index contributed by atoms with van der Waals surface area (Å²) in [5.74, 6) is -1.60. The molecule has 1 atom stereocenters. The zero-order valence-corrected chi connectivity index (χ0v) is 15.8. The van der Waals surface area contributed by atoms with Gasteiger partial charge in [-0.25, -0.2) is 4.79 Å². The van der Waals surface area contributed by atoms with Crippen LogP contribution in [0.5, 0.6) is 0 Å². The van der Waals surface area contributed by atoms with E-state index in [2.05, 4.69) is 9.98 Å². The molecule has 0 spiro atoms. The first-order valence-electron chi connectivity index (χ1n) is 8.81. The molecule has 3 aromatic rings. The van der Waals surface area contributed by atoms with Crippen molar-refractivity contribution in [3.8, 4) is 0 Å². The maximum atomic E-state index is 13.4. The summed E-state index contributed by atoms with van der Waals surface area (Å²) < 4.78 is 0. The maximum absolute atomic E-state index is 13.4. The number of carboxylic acids is 1. The van der Waals surface area contributed by atoms with Gasteiger partial charge in [0.1, 0.15) is 5.54 Å². The summed E-state index contributed by atoms with van der Waals surface area (Å²) in [5, 5.41) is 9.92. The van der Waals surface area contributed by atoms with Gasteiger partial charge in [0.05, 0.1) is 11.1 Å². The normalized spacial score (nSPS) is 17.7. The van der Waals surface area contributed by atoms with E-state index in [1.807, 2.05) is 12.1 Å². The number of ketones is 1. The van der Waals surface area contributed by atoms with E-state index in [1.165, 1.54) is 30.6 Å². The number of hydrogen-bond acceptors (Lipinski definition) is 4.